The average Bonchev–Trinajstić information content (AvgIpc) is 2.80. The highest BCUT2D eigenvalue weighted by molar-refractivity contribution is 6.08. The van der Waals surface area contributed by atoms with E-state index < -0.39 is 53.6 Å². The van der Waals surface area contributed by atoms with Crippen molar-refractivity contribution in [2.75, 3.05) is 18.6 Å². The zero-order valence-electron chi connectivity index (χ0n) is 17.8. The Hall–Kier alpha value is -3.91. The SMILES string of the molecule is COc1ncccc1-c1ccncc1N(CC(F)(F)F)C(=O)c1cc(C(F)(F)F)nc(C(F)(F)F)c1. The maximum atomic E-state index is 13.5. The number of halogens is 9. The van der Waals surface area contributed by atoms with Gasteiger partial charge in [-0.1, -0.05) is 0 Å². The Bertz CT molecular complexity index is 1220. The van der Waals surface area contributed by atoms with Crippen molar-refractivity contribution in [3.05, 3.63) is 65.9 Å². The highest BCUT2D eigenvalue weighted by Crippen LogP contribution is 2.38. The normalized spacial score (nSPS) is 12.4. The quantitative estimate of drug-likeness (QED) is 0.395. The monoisotopic (exact) mass is 524 g/mol. The number of methoxy groups -OCH3 is 1. The molecule has 0 saturated carbocycles. The second-order valence-electron chi connectivity index (χ2n) is 7.08. The van der Waals surface area contributed by atoms with Gasteiger partial charge in [-0.05, 0) is 30.3 Å². The molecular formula is C21H13F9N4O2. The summed E-state index contributed by atoms with van der Waals surface area (Å²) in [5.74, 6) is -1.88. The van der Waals surface area contributed by atoms with Gasteiger partial charge in [-0.2, -0.15) is 39.5 Å². The predicted octanol–water partition coefficient (Wildman–Crippen LogP) is 5.79. The number of carbonyl (C=O) groups excluding carboxylic acids is 1. The van der Waals surface area contributed by atoms with Crippen LogP contribution in [0.3, 0.4) is 0 Å². The van der Waals surface area contributed by atoms with Gasteiger partial charge in [-0.3, -0.25) is 14.7 Å². The van der Waals surface area contributed by atoms with Gasteiger partial charge in [0.15, 0.2) is 0 Å². The van der Waals surface area contributed by atoms with E-state index in [-0.39, 0.29) is 34.0 Å². The van der Waals surface area contributed by atoms with Crippen LogP contribution in [-0.4, -0.2) is 40.7 Å². The first-order chi connectivity index (χ1) is 16.6. The minimum atomic E-state index is -5.42. The third kappa shape index (κ3) is 6.01. The number of hydrogen-bond donors (Lipinski definition) is 0. The number of anilines is 1. The van der Waals surface area contributed by atoms with Gasteiger partial charge in [-0.25, -0.2) is 9.97 Å². The van der Waals surface area contributed by atoms with E-state index in [0.29, 0.717) is 0 Å². The lowest BCUT2D eigenvalue weighted by atomic mass is 10.0. The molecule has 0 saturated heterocycles. The van der Waals surface area contributed by atoms with Crippen LogP contribution < -0.4 is 9.64 Å². The summed E-state index contributed by atoms with van der Waals surface area (Å²) in [6.45, 7) is -2.06. The van der Waals surface area contributed by atoms with E-state index in [1.807, 2.05) is 0 Å². The lowest BCUT2D eigenvalue weighted by Gasteiger charge is -2.26. The predicted molar refractivity (Wildman–Crippen MR) is 106 cm³/mol. The largest absolute Gasteiger partial charge is 0.481 e. The molecule has 0 atom stereocenters. The number of alkyl halides is 9. The molecule has 0 bridgehead atoms. The minimum absolute atomic E-state index is 0.0234. The van der Waals surface area contributed by atoms with Crippen molar-refractivity contribution in [1.29, 1.82) is 0 Å². The minimum Gasteiger partial charge on any atom is -0.481 e. The van der Waals surface area contributed by atoms with Gasteiger partial charge in [0.1, 0.15) is 17.9 Å². The molecule has 3 rings (SSSR count). The van der Waals surface area contributed by atoms with Crippen LogP contribution in [-0.2, 0) is 12.4 Å². The van der Waals surface area contributed by atoms with E-state index in [4.69, 9.17) is 4.74 Å². The molecule has 3 heterocycles. The highest BCUT2D eigenvalue weighted by Gasteiger charge is 2.41. The Labute approximate surface area is 196 Å². The smallest absolute Gasteiger partial charge is 0.433 e. The van der Waals surface area contributed by atoms with Crippen molar-refractivity contribution in [3.63, 3.8) is 0 Å². The molecule has 0 unspecified atom stereocenters. The summed E-state index contributed by atoms with van der Waals surface area (Å²) < 4.78 is 125. The molecule has 1 amide bonds. The fourth-order valence-corrected chi connectivity index (χ4v) is 3.13. The van der Waals surface area contributed by atoms with Gasteiger partial charge in [0, 0.05) is 29.1 Å². The second-order valence-corrected chi connectivity index (χ2v) is 7.08. The van der Waals surface area contributed by atoms with Crippen LogP contribution in [0.25, 0.3) is 11.1 Å². The number of aromatic nitrogens is 3. The van der Waals surface area contributed by atoms with Gasteiger partial charge in [-0.15, -0.1) is 0 Å². The number of carbonyl (C=O) groups is 1. The van der Waals surface area contributed by atoms with E-state index in [1.54, 1.807) is 0 Å². The number of amides is 1. The molecule has 0 aliphatic carbocycles. The molecule has 0 spiro atoms. The van der Waals surface area contributed by atoms with Crippen LogP contribution in [0.4, 0.5) is 45.2 Å². The Morgan fingerprint density at radius 3 is 2.06 bits per heavy atom. The topological polar surface area (TPSA) is 68.2 Å². The number of rotatable bonds is 5. The van der Waals surface area contributed by atoms with Crippen LogP contribution in [0.1, 0.15) is 21.7 Å². The summed E-state index contributed by atoms with van der Waals surface area (Å²) >= 11 is 0. The van der Waals surface area contributed by atoms with Gasteiger partial charge in [0.25, 0.3) is 5.91 Å². The standard InChI is InChI=1S/C21H13F9N4O2/c1-36-17-13(3-2-5-32-17)12-4-6-31-9-14(12)34(10-19(22,23)24)18(35)11-7-15(20(25,26)27)33-16(8-11)21(28,29)30/h2-9H,10H2,1H3. The Morgan fingerprint density at radius 1 is 0.917 bits per heavy atom. The van der Waals surface area contributed by atoms with E-state index in [2.05, 4.69) is 15.0 Å². The molecule has 36 heavy (non-hydrogen) atoms. The third-order valence-corrected chi connectivity index (χ3v) is 4.58. The maximum absolute atomic E-state index is 13.5. The molecule has 0 aliphatic heterocycles. The van der Waals surface area contributed by atoms with Gasteiger partial charge in [0.05, 0.1) is 19.0 Å². The van der Waals surface area contributed by atoms with Crippen molar-refractivity contribution < 1.29 is 49.0 Å². The first-order valence-electron chi connectivity index (χ1n) is 9.60. The zero-order chi connectivity index (χ0) is 26.9. The van der Waals surface area contributed by atoms with Crippen LogP contribution in [0.5, 0.6) is 5.88 Å². The van der Waals surface area contributed by atoms with Crippen LogP contribution >= 0.6 is 0 Å². The summed E-state index contributed by atoms with van der Waals surface area (Å²) in [4.78, 5) is 23.1. The van der Waals surface area contributed by atoms with Crippen LogP contribution in [0.2, 0.25) is 0 Å². The molecule has 15 heteroatoms. The average molecular weight is 524 g/mol. The maximum Gasteiger partial charge on any atom is 0.433 e. The van der Waals surface area contributed by atoms with Gasteiger partial charge < -0.3 is 4.74 Å². The summed E-state index contributed by atoms with van der Waals surface area (Å²) in [5.41, 5.74) is -6.11. The molecule has 6 nitrogen and oxygen atoms in total. The lowest BCUT2D eigenvalue weighted by molar-refractivity contribution is -0.150. The molecular weight excluding hydrogens is 511 g/mol. The molecule has 192 valence electrons. The number of pyridine rings is 3. The summed E-state index contributed by atoms with van der Waals surface area (Å²) in [7, 11) is 1.21. The first kappa shape index (κ1) is 26.7. The van der Waals surface area contributed by atoms with Crippen molar-refractivity contribution in [2.24, 2.45) is 0 Å². The Morgan fingerprint density at radius 2 is 1.53 bits per heavy atom. The summed E-state index contributed by atoms with van der Waals surface area (Å²) in [6, 6.07) is 3.84. The fraction of sp³-hybridized carbons (Fsp3) is 0.238. The van der Waals surface area contributed by atoms with E-state index in [9.17, 15) is 44.3 Å². The molecule has 0 aromatic carbocycles. The molecule has 3 aromatic heterocycles. The lowest BCUT2D eigenvalue weighted by Crippen LogP contribution is -2.40. The van der Waals surface area contributed by atoms with Crippen molar-refractivity contribution in [2.45, 2.75) is 18.5 Å². The zero-order valence-corrected chi connectivity index (χ0v) is 17.8. The van der Waals surface area contributed by atoms with E-state index >= 15 is 0 Å². The molecule has 0 radical (unpaired) electrons. The van der Waals surface area contributed by atoms with Crippen molar-refractivity contribution in [3.8, 4) is 17.0 Å². The second kappa shape index (κ2) is 9.62. The van der Waals surface area contributed by atoms with Crippen molar-refractivity contribution >= 4 is 11.6 Å². The van der Waals surface area contributed by atoms with Gasteiger partial charge >= 0.3 is 18.5 Å². The van der Waals surface area contributed by atoms with Gasteiger partial charge in [0.2, 0.25) is 5.88 Å². The Kier molecular flexibility index (Phi) is 7.13. The molecule has 0 N–H and O–H groups in total. The first-order valence-corrected chi connectivity index (χ1v) is 9.60. The molecule has 0 fully saturated rings. The number of hydrogen-bond acceptors (Lipinski definition) is 5. The fourth-order valence-electron chi connectivity index (χ4n) is 3.13. The van der Waals surface area contributed by atoms with Crippen LogP contribution in [0, 0.1) is 0 Å². The number of ether oxygens (including phenoxy) is 1. The number of nitrogens with zero attached hydrogens (tertiary/aromatic N) is 4. The molecule has 3 aromatic rings. The Balaban J connectivity index is 2.25. The van der Waals surface area contributed by atoms with E-state index in [1.165, 1.54) is 31.5 Å². The van der Waals surface area contributed by atoms with Crippen molar-refractivity contribution in [1.82, 2.24) is 15.0 Å². The van der Waals surface area contributed by atoms with Crippen LogP contribution in [0.15, 0.2) is 48.9 Å². The third-order valence-electron chi connectivity index (χ3n) is 4.58. The summed E-state index contributed by atoms with van der Waals surface area (Å²) in [6.07, 6.45) is -12.7. The molecule has 0 aliphatic rings. The van der Waals surface area contributed by atoms with E-state index in [0.717, 1.165) is 12.4 Å². The summed E-state index contributed by atoms with van der Waals surface area (Å²) in [5, 5.41) is 0. The highest BCUT2D eigenvalue weighted by atomic mass is 19.4.